The molecule has 5 nitrogen and oxygen atoms in total. The van der Waals surface area contributed by atoms with E-state index in [4.69, 9.17) is 9.84 Å². The molecule has 1 unspecified atom stereocenters. The van der Waals surface area contributed by atoms with Crippen LogP contribution < -0.4 is 4.74 Å². The van der Waals surface area contributed by atoms with Crippen molar-refractivity contribution in [3.05, 3.63) is 29.8 Å². The monoisotopic (exact) mass is 270 g/mol. The lowest BCUT2D eigenvalue weighted by Crippen LogP contribution is -2.45. The zero-order valence-electron chi connectivity index (χ0n) is 9.87. The lowest BCUT2D eigenvalue weighted by Gasteiger charge is -2.28. The first-order chi connectivity index (χ1) is 8.39. The van der Waals surface area contributed by atoms with Gasteiger partial charge in [0.25, 0.3) is 0 Å². The maximum atomic E-state index is 11.0. The molecule has 1 aliphatic rings. The lowest BCUT2D eigenvalue weighted by atomic mass is 10.0. The maximum Gasteiger partial charge on any atom is 0.310 e. The molecule has 1 N–H and O–H groups in total. The quantitative estimate of drug-likeness (QED) is 0.884. The third-order valence-electron chi connectivity index (χ3n) is 2.93. The van der Waals surface area contributed by atoms with Crippen LogP contribution in [0, 0.1) is 0 Å². The highest BCUT2D eigenvalue weighted by Crippen LogP contribution is 2.29. The topological polar surface area (TPSA) is 80.7 Å². The predicted molar refractivity (Wildman–Crippen MR) is 65.6 cm³/mol. The summed E-state index contributed by atoms with van der Waals surface area (Å²) >= 11 is 0. The number of aliphatic carboxylic acids is 1. The Morgan fingerprint density at radius 3 is 2.56 bits per heavy atom. The highest BCUT2D eigenvalue weighted by Gasteiger charge is 2.35. The SMILES string of the molecule is CC(C(=O)O)c1ccccc1OC1CS(=O)(=O)C1. The minimum absolute atomic E-state index is 0.00276. The fourth-order valence-electron chi connectivity index (χ4n) is 1.84. The average molecular weight is 270 g/mol. The molecule has 0 saturated carbocycles. The summed E-state index contributed by atoms with van der Waals surface area (Å²) in [5.41, 5.74) is 0.564. The number of carboxylic acids is 1. The molecule has 0 spiro atoms. The van der Waals surface area contributed by atoms with Crippen molar-refractivity contribution in [2.45, 2.75) is 18.9 Å². The van der Waals surface area contributed by atoms with Crippen molar-refractivity contribution >= 4 is 15.8 Å². The molecule has 18 heavy (non-hydrogen) atoms. The van der Waals surface area contributed by atoms with Crippen LogP contribution in [0.4, 0.5) is 0 Å². The molecular formula is C12H14O5S. The van der Waals surface area contributed by atoms with Gasteiger partial charge in [0.15, 0.2) is 9.84 Å². The predicted octanol–water partition coefficient (Wildman–Crippen LogP) is 1.05. The van der Waals surface area contributed by atoms with Crippen LogP contribution in [-0.4, -0.2) is 37.1 Å². The first-order valence-corrected chi connectivity index (χ1v) is 7.40. The van der Waals surface area contributed by atoms with E-state index in [2.05, 4.69) is 0 Å². The van der Waals surface area contributed by atoms with E-state index in [1.165, 1.54) is 0 Å². The second-order valence-electron chi connectivity index (χ2n) is 4.41. The number of hydrogen-bond donors (Lipinski definition) is 1. The average Bonchev–Trinajstić information content (AvgIpc) is 2.26. The Balaban J connectivity index is 2.16. The Morgan fingerprint density at radius 2 is 2.00 bits per heavy atom. The van der Waals surface area contributed by atoms with Crippen molar-refractivity contribution in [2.75, 3.05) is 11.5 Å². The number of ether oxygens (including phenoxy) is 1. The van der Waals surface area contributed by atoms with Gasteiger partial charge in [0.05, 0.1) is 17.4 Å². The van der Waals surface area contributed by atoms with Crippen LogP contribution in [0.1, 0.15) is 18.4 Å². The Hall–Kier alpha value is -1.56. The second-order valence-corrected chi connectivity index (χ2v) is 6.57. The van der Waals surface area contributed by atoms with Crippen LogP contribution in [0.2, 0.25) is 0 Å². The molecule has 0 bridgehead atoms. The molecule has 0 radical (unpaired) electrons. The van der Waals surface area contributed by atoms with Crippen LogP contribution >= 0.6 is 0 Å². The zero-order chi connectivity index (χ0) is 13.3. The zero-order valence-corrected chi connectivity index (χ0v) is 10.7. The molecule has 0 aliphatic carbocycles. The van der Waals surface area contributed by atoms with Crippen LogP contribution in [0.5, 0.6) is 5.75 Å². The molecule has 1 fully saturated rings. The molecule has 0 amide bonds. The standard InChI is InChI=1S/C12H14O5S/c1-8(12(13)14)10-4-2-3-5-11(10)17-9-6-18(15,16)7-9/h2-5,8-9H,6-7H2,1H3,(H,13,14). The smallest absolute Gasteiger partial charge is 0.310 e. The summed E-state index contributed by atoms with van der Waals surface area (Å²) in [6, 6.07) is 6.82. The highest BCUT2D eigenvalue weighted by molar-refractivity contribution is 7.92. The molecule has 1 aromatic rings. The van der Waals surface area contributed by atoms with Crippen LogP contribution in [0.15, 0.2) is 24.3 Å². The van der Waals surface area contributed by atoms with Crippen molar-refractivity contribution < 1.29 is 23.1 Å². The van der Waals surface area contributed by atoms with E-state index in [0.29, 0.717) is 11.3 Å². The number of para-hydroxylation sites is 1. The van der Waals surface area contributed by atoms with E-state index in [0.717, 1.165) is 0 Å². The van der Waals surface area contributed by atoms with E-state index in [1.807, 2.05) is 0 Å². The molecule has 1 atom stereocenters. The van der Waals surface area contributed by atoms with Gasteiger partial charge >= 0.3 is 5.97 Å². The van der Waals surface area contributed by atoms with Crippen molar-refractivity contribution in [2.24, 2.45) is 0 Å². The van der Waals surface area contributed by atoms with Gasteiger partial charge in [0.1, 0.15) is 11.9 Å². The summed E-state index contributed by atoms with van der Waals surface area (Å²) in [5.74, 6) is -1.16. The summed E-state index contributed by atoms with van der Waals surface area (Å²) < 4.78 is 27.6. The van der Waals surface area contributed by atoms with Gasteiger partial charge in [0, 0.05) is 5.56 Å². The van der Waals surface area contributed by atoms with Gasteiger partial charge in [-0.15, -0.1) is 0 Å². The summed E-state index contributed by atoms with van der Waals surface area (Å²) in [7, 11) is -2.94. The summed E-state index contributed by atoms with van der Waals surface area (Å²) in [4.78, 5) is 11.0. The van der Waals surface area contributed by atoms with Crippen LogP contribution in [0.25, 0.3) is 0 Å². The minimum Gasteiger partial charge on any atom is -0.488 e. The molecule has 1 aromatic carbocycles. The van der Waals surface area contributed by atoms with Crippen molar-refractivity contribution in [1.82, 2.24) is 0 Å². The lowest BCUT2D eigenvalue weighted by molar-refractivity contribution is -0.138. The summed E-state index contributed by atoms with van der Waals surface area (Å²) in [6.07, 6.45) is -0.364. The van der Waals surface area contributed by atoms with E-state index in [9.17, 15) is 13.2 Å². The molecule has 0 aromatic heterocycles. The van der Waals surface area contributed by atoms with Crippen LogP contribution in [-0.2, 0) is 14.6 Å². The molecule has 1 saturated heterocycles. The van der Waals surface area contributed by atoms with E-state index >= 15 is 0 Å². The normalized spacial score (nSPS) is 19.8. The second kappa shape index (κ2) is 4.61. The van der Waals surface area contributed by atoms with Gasteiger partial charge < -0.3 is 9.84 Å². The van der Waals surface area contributed by atoms with Crippen LogP contribution in [0.3, 0.4) is 0 Å². The molecular weight excluding hydrogens is 256 g/mol. The Bertz CT molecular complexity index is 552. The Labute approximate surface area is 105 Å². The number of sulfone groups is 1. The first kappa shape index (κ1) is 12.9. The molecule has 1 aliphatic heterocycles. The minimum atomic E-state index is -2.94. The van der Waals surface area contributed by atoms with Gasteiger partial charge in [0.2, 0.25) is 0 Å². The highest BCUT2D eigenvalue weighted by atomic mass is 32.2. The molecule has 1 heterocycles. The van der Waals surface area contributed by atoms with Gasteiger partial charge in [-0.3, -0.25) is 4.79 Å². The third kappa shape index (κ3) is 2.64. The molecule has 6 heteroatoms. The molecule has 98 valence electrons. The summed E-state index contributed by atoms with van der Waals surface area (Å²) in [5, 5.41) is 9.00. The first-order valence-electron chi connectivity index (χ1n) is 5.58. The largest absolute Gasteiger partial charge is 0.488 e. The number of carbonyl (C=O) groups is 1. The number of hydrogen-bond acceptors (Lipinski definition) is 4. The van der Waals surface area contributed by atoms with Gasteiger partial charge in [-0.1, -0.05) is 18.2 Å². The number of carboxylic acid groups (broad SMARTS) is 1. The van der Waals surface area contributed by atoms with E-state index in [1.54, 1.807) is 31.2 Å². The third-order valence-corrected chi connectivity index (χ3v) is 4.69. The van der Waals surface area contributed by atoms with E-state index in [-0.39, 0.29) is 17.6 Å². The molecule has 2 rings (SSSR count). The van der Waals surface area contributed by atoms with Gasteiger partial charge in [-0.2, -0.15) is 0 Å². The van der Waals surface area contributed by atoms with Crippen molar-refractivity contribution in [3.8, 4) is 5.75 Å². The fourth-order valence-corrected chi connectivity index (χ4v) is 3.02. The van der Waals surface area contributed by atoms with Gasteiger partial charge in [-0.25, -0.2) is 8.42 Å². The Morgan fingerprint density at radius 1 is 1.39 bits per heavy atom. The van der Waals surface area contributed by atoms with Crippen molar-refractivity contribution in [1.29, 1.82) is 0 Å². The number of rotatable bonds is 4. The number of benzene rings is 1. The van der Waals surface area contributed by atoms with E-state index < -0.39 is 21.7 Å². The summed E-state index contributed by atoms with van der Waals surface area (Å²) in [6.45, 7) is 1.57. The van der Waals surface area contributed by atoms with Gasteiger partial charge in [-0.05, 0) is 13.0 Å². The Kier molecular flexibility index (Phi) is 3.30. The maximum absolute atomic E-state index is 11.0. The van der Waals surface area contributed by atoms with Crippen molar-refractivity contribution in [3.63, 3.8) is 0 Å². The fraction of sp³-hybridized carbons (Fsp3) is 0.417.